The number of alkyl halides is 4. The molecule has 0 fully saturated rings. The Balaban J connectivity index is 2.97. The van der Waals surface area contributed by atoms with E-state index in [4.69, 9.17) is 4.74 Å². The molecule has 5 heteroatoms. The molecule has 1 nitrogen and oxygen atoms in total. The van der Waals surface area contributed by atoms with Crippen molar-refractivity contribution in [1.82, 2.24) is 0 Å². The monoisotopic (exact) mass is 296 g/mol. The Labute approximate surface area is 101 Å². The molecule has 0 saturated heterocycles. The second kappa shape index (κ2) is 5.08. The van der Waals surface area contributed by atoms with Crippen LogP contribution in [0.2, 0.25) is 0 Å². The van der Waals surface area contributed by atoms with E-state index >= 15 is 0 Å². The zero-order valence-electron chi connectivity index (χ0n) is 8.94. The Morgan fingerprint density at radius 3 is 2.50 bits per heavy atom. The topological polar surface area (TPSA) is 9.23 Å². The van der Waals surface area contributed by atoms with Crippen molar-refractivity contribution >= 4 is 15.9 Å². The molecule has 0 bridgehead atoms. The molecule has 0 N–H and O–H groups in total. The van der Waals surface area contributed by atoms with Crippen molar-refractivity contribution < 1.29 is 17.9 Å². The van der Waals surface area contributed by atoms with Gasteiger partial charge >= 0.3 is 6.18 Å². The molecule has 90 valence electrons. The van der Waals surface area contributed by atoms with Gasteiger partial charge in [0.1, 0.15) is 5.75 Å². The molecule has 0 aliphatic carbocycles. The molecule has 1 aromatic carbocycles. The summed E-state index contributed by atoms with van der Waals surface area (Å²) in [5.74, 6) is 0.469. The minimum atomic E-state index is -4.19. The predicted octanol–water partition coefficient (Wildman–Crippen LogP) is 4.39. The van der Waals surface area contributed by atoms with Crippen LogP contribution in [0.3, 0.4) is 0 Å². The molecular weight excluding hydrogens is 285 g/mol. The van der Waals surface area contributed by atoms with Gasteiger partial charge in [-0.15, -0.1) is 0 Å². The molecule has 0 radical (unpaired) electrons. The summed E-state index contributed by atoms with van der Waals surface area (Å²) in [4.78, 5) is -0.776. The molecule has 16 heavy (non-hydrogen) atoms. The third-order valence-corrected chi connectivity index (χ3v) is 2.95. The third kappa shape index (κ3) is 3.70. The highest BCUT2D eigenvalue weighted by molar-refractivity contribution is 9.09. The zero-order valence-corrected chi connectivity index (χ0v) is 10.5. The maximum Gasteiger partial charge on any atom is 0.390 e. The summed E-state index contributed by atoms with van der Waals surface area (Å²) < 4.78 is 41.8. The molecule has 1 aromatic rings. The van der Waals surface area contributed by atoms with E-state index < -0.39 is 17.4 Å². The number of rotatable bonds is 3. The second-order valence-electron chi connectivity index (χ2n) is 3.53. The highest BCUT2D eigenvalue weighted by Gasteiger charge is 2.32. The lowest BCUT2D eigenvalue weighted by Gasteiger charge is -2.16. The number of hydrogen-bond donors (Lipinski definition) is 0. The first kappa shape index (κ1) is 13.4. The number of hydrogen-bond acceptors (Lipinski definition) is 1. The van der Waals surface area contributed by atoms with Crippen LogP contribution < -0.4 is 4.74 Å². The first-order chi connectivity index (χ1) is 7.33. The minimum Gasteiger partial charge on any atom is -0.496 e. The second-order valence-corrected chi connectivity index (χ2v) is 4.64. The van der Waals surface area contributed by atoms with Crippen molar-refractivity contribution in [2.24, 2.45) is 0 Å². The molecule has 0 spiro atoms. The number of methoxy groups -OCH3 is 1. The smallest absolute Gasteiger partial charge is 0.390 e. The van der Waals surface area contributed by atoms with E-state index in [0.717, 1.165) is 5.56 Å². The minimum absolute atomic E-state index is 0.469. The Bertz CT molecular complexity index is 363. The third-order valence-electron chi connectivity index (χ3n) is 2.13. The van der Waals surface area contributed by atoms with Gasteiger partial charge in [0, 0.05) is 5.56 Å². The lowest BCUT2D eigenvalue weighted by Crippen LogP contribution is -2.11. The number of aryl methyl sites for hydroxylation is 1. The molecule has 1 atom stereocenters. The van der Waals surface area contributed by atoms with Crippen molar-refractivity contribution in [3.05, 3.63) is 29.3 Å². The van der Waals surface area contributed by atoms with E-state index in [1.165, 1.54) is 7.11 Å². The SMILES string of the molecule is COc1ccc(C)cc1C(Br)CC(F)(F)F. The van der Waals surface area contributed by atoms with E-state index in [2.05, 4.69) is 15.9 Å². The van der Waals surface area contributed by atoms with E-state index in [9.17, 15) is 13.2 Å². The lowest BCUT2D eigenvalue weighted by molar-refractivity contribution is -0.134. The van der Waals surface area contributed by atoms with Gasteiger partial charge < -0.3 is 4.74 Å². The van der Waals surface area contributed by atoms with Gasteiger partial charge in [0.25, 0.3) is 0 Å². The van der Waals surface area contributed by atoms with Crippen molar-refractivity contribution in [1.29, 1.82) is 0 Å². The average molecular weight is 297 g/mol. The highest BCUT2D eigenvalue weighted by Crippen LogP contribution is 2.39. The first-order valence-corrected chi connectivity index (χ1v) is 5.60. The van der Waals surface area contributed by atoms with Crippen LogP contribution in [-0.4, -0.2) is 13.3 Å². The van der Waals surface area contributed by atoms with E-state index in [1.54, 1.807) is 18.2 Å². The average Bonchev–Trinajstić information content (AvgIpc) is 2.15. The Morgan fingerprint density at radius 2 is 2.00 bits per heavy atom. The van der Waals surface area contributed by atoms with Crippen molar-refractivity contribution in [3.8, 4) is 5.75 Å². The van der Waals surface area contributed by atoms with E-state index in [-0.39, 0.29) is 0 Å². The molecule has 0 aromatic heterocycles. The van der Waals surface area contributed by atoms with Gasteiger partial charge in [0.05, 0.1) is 18.4 Å². The fourth-order valence-corrected chi connectivity index (χ4v) is 2.14. The predicted molar refractivity (Wildman–Crippen MR) is 60.1 cm³/mol. The molecular formula is C11H12BrF3O. The van der Waals surface area contributed by atoms with Gasteiger partial charge in [-0.2, -0.15) is 13.2 Å². The van der Waals surface area contributed by atoms with E-state index in [0.29, 0.717) is 11.3 Å². The van der Waals surface area contributed by atoms with Crippen LogP contribution in [0, 0.1) is 6.92 Å². The fraction of sp³-hybridized carbons (Fsp3) is 0.455. The summed E-state index contributed by atoms with van der Waals surface area (Å²) in [6.07, 6.45) is -5.10. The van der Waals surface area contributed by atoms with Crippen LogP contribution in [0.25, 0.3) is 0 Å². The maximum atomic E-state index is 12.3. The fourth-order valence-electron chi connectivity index (χ4n) is 1.41. The van der Waals surface area contributed by atoms with Gasteiger partial charge in [-0.3, -0.25) is 0 Å². The maximum absolute atomic E-state index is 12.3. The van der Waals surface area contributed by atoms with Gasteiger partial charge in [-0.25, -0.2) is 0 Å². The van der Waals surface area contributed by atoms with Crippen LogP contribution in [0.5, 0.6) is 5.75 Å². The Morgan fingerprint density at radius 1 is 1.38 bits per heavy atom. The van der Waals surface area contributed by atoms with Crippen molar-refractivity contribution in [3.63, 3.8) is 0 Å². The highest BCUT2D eigenvalue weighted by atomic mass is 79.9. The van der Waals surface area contributed by atoms with Crippen molar-refractivity contribution in [2.45, 2.75) is 24.3 Å². The molecule has 1 rings (SSSR count). The lowest BCUT2D eigenvalue weighted by atomic mass is 10.1. The summed E-state index contributed by atoms with van der Waals surface area (Å²) in [6, 6.07) is 5.18. The van der Waals surface area contributed by atoms with Crippen molar-refractivity contribution in [2.75, 3.05) is 7.11 Å². The van der Waals surface area contributed by atoms with Gasteiger partial charge in [0.2, 0.25) is 0 Å². The molecule has 0 saturated carbocycles. The Kier molecular flexibility index (Phi) is 4.24. The summed E-state index contributed by atoms with van der Waals surface area (Å²) in [5.41, 5.74) is 1.43. The van der Waals surface area contributed by atoms with Crippen LogP contribution in [0.4, 0.5) is 13.2 Å². The standard InChI is InChI=1S/C11H12BrF3O/c1-7-3-4-10(16-2)8(5-7)9(12)6-11(13,14)15/h3-5,9H,6H2,1-2H3. The number of ether oxygens (including phenoxy) is 1. The van der Waals surface area contributed by atoms with Crippen LogP contribution in [0.1, 0.15) is 22.4 Å². The van der Waals surface area contributed by atoms with Crippen LogP contribution in [0.15, 0.2) is 18.2 Å². The van der Waals surface area contributed by atoms with Crippen LogP contribution >= 0.6 is 15.9 Å². The summed E-state index contributed by atoms with van der Waals surface area (Å²) in [7, 11) is 1.45. The summed E-state index contributed by atoms with van der Waals surface area (Å²) >= 11 is 3.05. The quantitative estimate of drug-likeness (QED) is 0.752. The zero-order chi connectivity index (χ0) is 12.3. The number of halogens is 4. The molecule has 1 unspecified atom stereocenters. The van der Waals surface area contributed by atoms with Crippen LogP contribution in [-0.2, 0) is 0 Å². The normalized spacial score (nSPS) is 13.6. The Hall–Kier alpha value is -0.710. The molecule has 0 heterocycles. The molecule has 0 aliphatic rings. The van der Waals surface area contributed by atoms with Gasteiger partial charge in [-0.05, 0) is 13.0 Å². The first-order valence-electron chi connectivity index (χ1n) is 4.69. The van der Waals surface area contributed by atoms with Gasteiger partial charge in [-0.1, -0.05) is 33.6 Å². The molecule has 0 aliphatic heterocycles. The van der Waals surface area contributed by atoms with E-state index in [1.807, 2.05) is 6.92 Å². The summed E-state index contributed by atoms with van der Waals surface area (Å²) in [5, 5.41) is 0. The van der Waals surface area contributed by atoms with Gasteiger partial charge in [0.15, 0.2) is 0 Å². The largest absolute Gasteiger partial charge is 0.496 e. The molecule has 0 amide bonds. The summed E-state index contributed by atoms with van der Waals surface area (Å²) in [6.45, 7) is 1.83. The number of benzene rings is 1.